The van der Waals surface area contributed by atoms with Crippen LogP contribution in [0.15, 0.2) is 0 Å². The predicted molar refractivity (Wildman–Crippen MR) is 116 cm³/mol. The zero-order valence-corrected chi connectivity index (χ0v) is 19.4. The molecule has 0 N–H and O–H groups in total. The summed E-state index contributed by atoms with van der Waals surface area (Å²) in [4.78, 5) is 0. The second-order valence-electron chi connectivity index (χ2n) is 6.25. The number of terminal acetylenes is 2. The molecule has 31 heavy (non-hydrogen) atoms. The van der Waals surface area contributed by atoms with E-state index >= 15 is 0 Å². The van der Waals surface area contributed by atoms with Crippen LogP contribution in [0.2, 0.25) is 0 Å². The van der Waals surface area contributed by atoms with Crippen molar-refractivity contribution in [3.63, 3.8) is 0 Å². The molecular weight excluding hydrogens is 451 g/mol. The monoisotopic (exact) mass is 482 g/mol. The molecule has 178 valence electrons. The van der Waals surface area contributed by atoms with Crippen LogP contribution in [0, 0.1) is 24.7 Å². The van der Waals surface area contributed by atoms with E-state index < -0.39 is 30.7 Å². The molecule has 0 aromatic carbocycles. The third kappa shape index (κ3) is 11.2. The molecular formula is C21H32Cl2O8. The Morgan fingerprint density at radius 2 is 1.35 bits per heavy atom. The first kappa shape index (κ1) is 28.4. The van der Waals surface area contributed by atoms with Gasteiger partial charge in [0.15, 0.2) is 6.29 Å². The molecule has 8 nitrogen and oxygen atoms in total. The molecule has 0 aromatic rings. The minimum atomic E-state index is -0.742. The lowest BCUT2D eigenvalue weighted by Gasteiger charge is -2.45. The van der Waals surface area contributed by atoms with Crippen LogP contribution in [-0.4, -0.2) is 109 Å². The average molecular weight is 483 g/mol. The molecule has 0 bridgehead atoms. The Bertz CT molecular complexity index is 524. The first-order valence-electron chi connectivity index (χ1n) is 9.98. The van der Waals surface area contributed by atoms with E-state index in [9.17, 15) is 0 Å². The van der Waals surface area contributed by atoms with Crippen LogP contribution < -0.4 is 0 Å². The van der Waals surface area contributed by atoms with Gasteiger partial charge in [-0.1, -0.05) is 11.8 Å². The van der Waals surface area contributed by atoms with E-state index in [-0.39, 0.29) is 26.4 Å². The highest BCUT2D eigenvalue weighted by molar-refractivity contribution is 6.18. The molecule has 0 aromatic heterocycles. The lowest BCUT2D eigenvalue weighted by Crippen LogP contribution is -2.62. The van der Waals surface area contributed by atoms with Crippen molar-refractivity contribution in [2.24, 2.45) is 0 Å². The van der Waals surface area contributed by atoms with Gasteiger partial charge in [-0.15, -0.1) is 36.0 Å². The predicted octanol–water partition coefficient (Wildman–Crippen LogP) is 1.31. The topological polar surface area (TPSA) is 73.8 Å². The van der Waals surface area contributed by atoms with Gasteiger partial charge in [0.1, 0.15) is 37.6 Å². The van der Waals surface area contributed by atoms with E-state index in [1.54, 1.807) is 0 Å². The van der Waals surface area contributed by atoms with Gasteiger partial charge in [-0.2, -0.15) is 0 Å². The smallest absolute Gasteiger partial charge is 0.186 e. The summed E-state index contributed by atoms with van der Waals surface area (Å²) in [7, 11) is 1.51. The SMILES string of the molecule is C#CCOC[C@H]1O[C@H](OC)[C@H](OCC#C)[C@@H](OCCOCCCl)[C@H]1OCCOCCCl. The zero-order chi connectivity index (χ0) is 22.7. The lowest BCUT2D eigenvalue weighted by molar-refractivity contribution is -0.317. The summed E-state index contributed by atoms with van der Waals surface area (Å²) in [6.45, 7) is 2.52. The highest BCUT2D eigenvalue weighted by Gasteiger charge is 2.48. The van der Waals surface area contributed by atoms with Crippen molar-refractivity contribution in [2.75, 3.05) is 78.3 Å². The average Bonchev–Trinajstić information content (AvgIpc) is 2.78. The van der Waals surface area contributed by atoms with Gasteiger partial charge in [0.2, 0.25) is 0 Å². The maximum absolute atomic E-state index is 6.09. The van der Waals surface area contributed by atoms with E-state index in [0.717, 1.165) is 0 Å². The fourth-order valence-electron chi connectivity index (χ4n) is 2.95. The first-order valence-corrected chi connectivity index (χ1v) is 11.1. The Kier molecular flexibility index (Phi) is 17.3. The van der Waals surface area contributed by atoms with Crippen LogP contribution in [0.4, 0.5) is 0 Å². The first-order chi connectivity index (χ1) is 15.2. The largest absolute Gasteiger partial charge is 0.378 e. The Balaban J connectivity index is 2.92. The Hall–Kier alpha value is -0.620. The number of alkyl halides is 2. The van der Waals surface area contributed by atoms with E-state index in [1.807, 2.05) is 0 Å². The minimum Gasteiger partial charge on any atom is -0.378 e. The van der Waals surface area contributed by atoms with Crippen molar-refractivity contribution in [3.05, 3.63) is 0 Å². The number of methoxy groups -OCH3 is 1. The summed E-state index contributed by atoms with van der Waals surface area (Å²) < 4.78 is 45.8. The van der Waals surface area contributed by atoms with Gasteiger partial charge < -0.3 is 37.9 Å². The lowest BCUT2D eigenvalue weighted by atomic mass is 9.98. The second kappa shape index (κ2) is 18.9. The van der Waals surface area contributed by atoms with Gasteiger partial charge in [0.05, 0.1) is 46.2 Å². The van der Waals surface area contributed by atoms with E-state index in [0.29, 0.717) is 44.8 Å². The van der Waals surface area contributed by atoms with Gasteiger partial charge in [0.25, 0.3) is 0 Å². The van der Waals surface area contributed by atoms with Crippen molar-refractivity contribution < 1.29 is 37.9 Å². The highest BCUT2D eigenvalue weighted by Crippen LogP contribution is 2.29. The third-order valence-corrected chi connectivity index (χ3v) is 4.48. The fourth-order valence-corrected chi connectivity index (χ4v) is 3.17. The molecule has 0 aliphatic carbocycles. The van der Waals surface area contributed by atoms with Crippen LogP contribution in [0.3, 0.4) is 0 Å². The van der Waals surface area contributed by atoms with Crippen molar-refractivity contribution in [2.45, 2.75) is 30.7 Å². The fraction of sp³-hybridized carbons (Fsp3) is 0.810. The van der Waals surface area contributed by atoms with Crippen molar-refractivity contribution in [1.82, 2.24) is 0 Å². The van der Waals surface area contributed by atoms with Crippen molar-refractivity contribution in [3.8, 4) is 24.7 Å². The summed E-state index contributed by atoms with van der Waals surface area (Å²) in [5.41, 5.74) is 0. The summed E-state index contributed by atoms with van der Waals surface area (Å²) >= 11 is 11.3. The molecule has 5 atom stereocenters. The van der Waals surface area contributed by atoms with E-state index in [2.05, 4.69) is 11.8 Å². The van der Waals surface area contributed by atoms with Crippen LogP contribution in [0.25, 0.3) is 0 Å². The van der Waals surface area contributed by atoms with E-state index in [1.165, 1.54) is 7.11 Å². The molecule has 1 saturated heterocycles. The third-order valence-electron chi connectivity index (χ3n) is 4.17. The summed E-state index contributed by atoms with van der Waals surface area (Å²) in [5, 5.41) is 0. The number of hydrogen-bond acceptors (Lipinski definition) is 8. The van der Waals surface area contributed by atoms with Gasteiger partial charge >= 0.3 is 0 Å². The number of hydrogen-bond donors (Lipinski definition) is 0. The highest BCUT2D eigenvalue weighted by atomic mass is 35.5. The zero-order valence-electron chi connectivity index (χ0n) is 17.8. The molecule has 1 fully saturated rings. The van der Waals surface area contributed by atoms with Gasteiger partial charge in [-0.05, 0) is 0 Å². The Morgan fingerprint density at radius 1 is 0.742 bits per heavy atom. The Morgan fingerprint density at radius 3 is 1.90 bits per heavy atom. The van der Waals surface area contributed by atoms with Crippen molar-refractivity contribution >= 4 is 23.2 Å². The normalized spacial score (nSPS) is 25.8. The molecule has 0 amide bonds. The molecule has 1 heterocycles. The van der Waals surface area contributed by atoms with Gasteiger partial charge in [0, 0.05) is 18.9 Å². The van der Waals surface area contributed by atoms with Gasteiger partial charge in [-0.3, -0.25) is 0 Å². The molecule has 1 aliphatic rings. The Labute approximate surface area is 195 Å². The van der Waals surface area contributed by atoms with Crippen molar-refractivity contribution in [1.29, 1.82) is 0 Å². The molecule has 1 rings (SSSR count). The summed E-state index contributed by atoms with van der Waals surface area (Å²) in [5.74, 6) is 5.68. The molecule has 0 saturated carbocycles. The molecule has 0 unspecified atom stereocenters. The maximum Gasteiger partial charge on any atom is 0.186 e. The molecule has 1 aliphatic heterocycles. The maximum atomic E-state index is 6.09. The van der Waals surface area contributed by atoms with Gasteiger partial charge in [-0.25, -0.2) is 0 Å². The quantitative estimate of drug-likeness (QED) is 0.164. The number of ether oxygens (including phenoxy) is 8. The summed E-state index contributed by atoms with van der Waals surface area (Å²) in [6.07, 6.45) is 7.64. The van der Waals surface area contributed by atoms with Crippen LogP contribution >= 0.6 is 23.2 Å². The number of halogens is 2. The standard InChI is InChI=1S/C21H32Cl2O8/c1-4-8-27-16-17-18(29-14-12-25-10-6-22)19(30-15-13-26-11-7-23)20(28-9-5-2)21(24-3)31-17/h1-2,17-21H,6-16H2,3H3/t17-,18+,19+,20-,21+/m1/s1. The minimum absolute atomic E-state index is 0.0559. The van der Waals surface area contributed by atoms with E-state index in [4.69, 9.17) is 73.9 Å². The van der Waals surface area contributed by atoms with Crippen LogP contribution in [-0.2, 0) is 37.9 Å². The molecule has 0 radical (unpaired) electrons. The second-order valence-corrected chi connectivity index (χ2v) is 7.01. The molecule has 10 heteroatoms. The van der Waals surface area contributed by atoms with Crippen LogP contribution in [0.5, 0.6) is 0 Å². The van der Waals surface area contributed by atoms with Crippen LogP contribution in [0.1, 0.15) is 0 Å². The summed E-state index contributed by atoms with van der Waals surface area (Å²) in [6, 6.07) is 0. The molecule has 0 spiro atoms. The number of rotatable bonds is 18.